The summed E-state index contributed by atoms with van der Waals surface area (Å²) in [5.74, 6) is 0.655. The Hall–Kier alpha value is -11.0. The van der Waals surface area contributed by atoms with E-state index in [0.717, 1.165) is 151 Å². The van der Waals surface area contributed by atoms with Gasteiger partial charge in [0.2, 0.25) is 11.8 Å². The number of hydrogen-bond acceptors (Lipinski definition) is 24. The first-order valence-corrected chi connectivity index (χ1v) is 44.8. The molecule has 8 aromatic rings. The highest BCUT2D eigenvalue weighted by molar-refractivity contribution is 7.59. The van der Waals surface area contributed by atoms with Crippen molar-refractivity contribution in [2.24, 2.45) is 0 Å². The van der Waals surface area contributed by atoms with Crippen LogP contribution in [0.15, 0.2) is 127 Å². The van der Waals surface area contributed by atoms with Crippen molar-refractivity contribution in [2.45, 2.75) is 182 Å². The Balaban J connectivity index is 0.000000202. The van der Waals surface area contributed by atoms with E-state index in [4.69, 9.17) is 67.3 Å². The zero-order chi connectivity index (χ0) is 88.8. The first-order valence-electron chi connectivity index (χ1n) is 44.0. The maximum Gasteiger partial charge on any atom is 0.421 e. The van der Waals surface area contributed by atoms with E-state index >= 15 is 0 Å². The van der Waals surface area contributed by atoms with Crippen molar-refractivity contribution in [2.75, 3.05) is 154 Å². The van der Waals surface area contributed by atoms with Crippen LogP contribution in [0.5, 0.6) is 18.0 Å². The summed E-state index contributed by atoms with van der Waals surface area (Å²) in [5.41, 5.74) is 12.8. The zero-order valence-electron chi connectivity index (χ0n) is 72.9. The van der Waals surface area contributed by atoms with E-state index in [1.807, 2.05) is 47.4 Å². The van der Waals surface area contributed by atoms with E-state index in [2.05, 4.69) is 135 Å². The molecule has 9 aliphatic rings. The standard InChI is InChI=1S/C33H38FN7O2.C32H33ClF3N7O2.C29H36ClN7O2.3CH4.2H2S/c1-23-6-2-7-24-8-3-10-29(31(23)24)39-17-13-27-28(21-39)37-33(43-22-25-9-5-16-36-25)38-32(27)40-18-19-41(26(20-40)12-15-35)30(42)11-4-14-34;1-20(32(34,35)36)30(44)43-16-15-42(17-23(43)10-12-37)29-24-11-14-41(27-9-3-6-21-5-2-8-25(33)28(21)27)18-26(24)39-31(40-29)45-19-22-7-4-13-38-22;1-20-5-3-7-26(21(20)2)35-14-10-24-25(18-35)33-29(39-19-22-6-4-13-32-22)34-28(24)36-15-16-37(27(38)8-11-30)23(17-36)9-12-31;;;;;/h2-4,6-8,10-11,25-26,36H,5,9,12-14,16-22H2,1H3;2-3,5-6,8-9,22-23,38H,1,4,7,10-11,13-19H2;3,5,7-8,11,22-23,32H,4,6,9-10,13-19H2,1-2H3;3*1H4;2*1H2/b11-4+;;11-8-;;;;;/t25-,26-;2*22-,23-;;;;;/m000...../s1. The molecule has 5 aromatic carbocycles. The summed E-state index contributed by atoms with van der Waals surface area (Å²) < 4.78 is 71.1. The van der Waals surface area contributed by atoms with Gasteiger partial charge in [0.25, 0.3) is 5.91 Å². The Morgan fingerprint density at radius 3 is 1.28 bits per heavy atom. The number of halogens is 6. The molecule has 132 heavy (non-hydrogen) atoms. The summed E-state index contributed by atoms with van der Waals surface area (Å²) in [6.07, 6.45) is 7.92. The monoisotopic (exact) mass is 1890 g/mol. The van der Waals surface area contributed by atoms with E-state index in [9.17, 15) is 47.7 Å². The number of anilines is 6. The van der Waals surface area contributed by atoms with Crippen LogP contribution in [0, 0.1) is 54.8 Å². The molecular weight excluding hydrogens is 1770 g/mol. The number of aryl methyl sites for hydroxylation is 2. The third kappa shape index (κ3) is 24.0. The third-order valence-corrected chi connectivity index (χ3v) is 26.1. The Labute approximate surface area is 796 Å². The van der Waals surface area contributed by atoms with E-state index in [-0.39, 0.29) is 130 Å². The Morgan fingerprint density at radius 1 is 0.500 bits per heavy atom. The van der Waals surface area contributed by atoms with Gasteiger partial charge in [-0.05, 0) is 156 Å². The van der Waals surface area contributed by atoms with Crippen LogP contribution in [0.3, 0.4) is 0 Å². The number of amides is 3. The molecular formula is C97H123Cl2F4N21O6S2. The fourth-order valence-electron chi connectivity index (χ4n) is 18.9. The predicted octanol–water partition coefficient (Wildman–Crippen LogP) is 14.7. The highest BCUT2D eigenvalue weighted by atomic mass is 35.5. The zero-order valence-corrected chi connectivity index (χ0v) is 76.5. The lowest BCUT2D eigenvalue weighted by Gasteiger charge is -2.42. The van der Waals surface area contributed by atoms with Crippen molar-refractivity contribution in [3.05, 3.63) is 182 Å². The van der Waals surface area contributed by atoms with Gasteiger partial charge in [0.15, 0.2) is 0 Å². The SMILES string of the molecule is C.C.C.C=C(C(=O)N1CCN(c2nc(OC[C@@H]3CCCN3)nc3c2CCN(c2cccc4cccc(Cl)c24)C3)C[C@@H]1CC#N)C(F)(F)F.Cc1cccc(N2CCc3c(nc(OC[C@@H]4CCCN4)nc3N3CCN(C(=O)/C=C\Cl)[C@@H](CC#N)C3)C2)c1C.Cc1cccc2cccc(N3CCc4c(nc(OC[C@@H]5CCCN5)nc4N4CCN(C(=O)/C=C/CF)[C@@H](CC#N)C4)C3)c12.S.S. The Morgan fingerprint density at radius 2 is 0.871 bits per heavy atom. The number of aromatic nitrogens is 6. The summed E-state index contributed by atoms with van der Waals surface area (Å²) in [7, 11) is 0. The Bertz CT molecular complexity index is 5540. The van der Waals surface area contributed by atoms with Crippen molar-refractivity contribution in [1.29, 1.82) is 15.8 Å². The number of allylic oxidation sites excluding steroid dienone is 1. The largest absolute Gasteiger partial charge is 0.462 e. The quantitative estimate of drug-likeness (QED) is 0.0419. The number of carbonyl (C=O) groups excluding carboxylic acids is 3. The van der Waals surface area contributed by atoms with E-state index in [0.29, 0.717) is 121 Å². The molecule has 6 fully saturated rings. The second kappa shape index (κ2) is 47.6. The summed E-state index contributed by atoms with van der Waals surface area (Å²) >= 11 is 12.3. The molecule has 9 aliphatic heterocycles. The van der Waals surface area contributed by atoms with Gasteiger partial charge < -0.3 is 74.3 Å². The lowest BCUT2D eigenvalue weighted by Crippen LogP contribution is -2.56. The second-order valence-corrected chi connectivity index (χ2v) is 34.3. The molecule has 27 nitrogen and oxygen atoms in total. The van der Waals surface area contributed by atoms with E-state index in [1.54, 1.807) is 9.80 Å². The smallest absolute Gasteiger partial charge is 0.421 e. The van der Waals surface area contributed by atoms with Crippen LogP contribution < -0.4 is 59.6 Å². The average Bonchev–Trinajstić information content (AvgIpc) is 0.898. The van der Waals surface area contributed by atoms with Gasteiger partial charge in [-0.2, -0.15) is 85.9 Å². The minimum atomic E-state index is -4.85. The molecule has 3 N–H and O–H groups in total. The van der Waals surface area contributed by atoms with E-state index in [1.165, 1.54) is 62.6 Å². The molecule has 17 rings (SSSR count). The summed E-state index contributed by atoms with van der Waals surface area (Å²) in [4.78, 5) is 85.4. The lowest BCUT2D eigenvalue weighted by molar-refractivity contribution is -0.142. The molecule has 0 aliphatic carbocycles. The number of alkyl halides is 4. The van der Waals surface area contributed by atoms with Gasteiger partial charge >= 0.3 is 24.2 Å². The fraction of sp³-hybridized carbons (Fsp3) is 0.485. The summed E-state index contributed by atoms with van der Waals surface area (Å²) in [5, 5.41) is 44.0. The van der Waals surface area contributed by atoms with Crippen LogP contribution in [0.2, 0.25) is 5.02 Å². The maximum atomic E-state index is 13.3. The van der Waals surface area contributed by atoms with Crippen molar-refractivity contribution in [3.8, 4) is 36.2 Å². The Kier molecular flexibility index (Phi) is 37.2. The van der Waals surface area contributed by atoms with Crippen molar-refractivity contribution < 1.29 is 46.2 Å². The van der Waals surface area contributed by atoms with Gasteiger partial charge in [0.1, 0.15) is 49.5 Å². The molecule has 3 aromatic heterocycles. The van der Waals surface area contributed by atoms with Crippen LogP contribution >= 0.6 is 50.2 Å². The van der Waals surface area contributed by atoms with Crippen LogP contribution in [-0.2, 0) is 53.3 Å². The molecule has 0 unspecified atom stereocenters. The van der Waals surface area contributed by atoms with Crippen LogP contribution in [-0.4, -0.2) is 229 Å². The summed E-state index contributed by atoms with van der Waals surface area (Å²) in [6.45, 7) is 20.6. The van der Waals surface area contributed by atoms with E-state index < -0.39 is 30.4 Å². The first-order chi connectivity index (χ1) is 61.7. The topological polar surface area (TPSA) is 293 Å². The van der Waals surface area contributed by atoms with Gasteiger partial charge in [0, 0.05) is 159 Å². The molecule has 35 heteroatoms. The number of ether oxygens (including phenoxy) is 3. The number of benzene rings is 5. The number of fused-ring (bicyclic) bond motifs is 5. The third-order valence-electron chi connectivity index (χ3n) is 25.6. The highest BCUT2D eigenvalue weighted by Crippen LogP contribution is 2.42. The molecule has 6 saturated heterocycles. The van der Waals surface area contributed by atoms with Gasteiger partial charge in [0.05, 0.1) is 97.3 Å². The summed E-state index contributed by atoms with van der Waals surface area (Å²) in [6, 6.07) is 38.1. The molecule has 0 bridgehead atoms. The molecule has 6 atom stereocenters. The predicted molar refractivity (Wildman–Crippen MR) is 524 cm³/mol. The second-order valence-electron chi connectivity index (χ2n) is 33.7. The van der Waals surface area contributed by atoms with Crippen LogP contribution in [0.25, 0.3) is 21.5 Å². The number of carbonyl (C=O) groups is 3. The van der Waals surface area contributed by atoms with Gasteiger partial charge in [-0.1, -0.05) is 119 Å². The molecule has 0 radical (unpaired) electrons. The van der Waals surface area contributed by atoms with Crippen LogP contribution in [0.1, 0.15) is 131 Å². The van der Waals surface area contributed by atoms with Gasteiger partial charge in [-0.3, -0.25) is 14.4 Å². The lowest BCUT2D eigenvalue weighted by atomic mass is 9.99. The van der Waals surface area contributed by atoms with Crippen molar-refractivity contribution >= 4 is 124 Å². The van der Waals surface area contributed by atoms with Gasteiger partial charge in [-0.25, -0.2) is 4.39 Å². The minimum Gasteiger partial charge on any atom is -0.462 e. The van der Waals surface area contributed by atoms with Crippen molar-refractivity contribution in [1.82, 2.24) is 60.6 Å². The number of hydrogen-bond donors (Lipinski definition) is 3. The van der Waals surface area contributed by atoms with Gasteiger partial charge in [-0.15, -0.1) is 0 Å². The molecule has 3 amide bonds. The maximum absolute atomic E-state index is 13.3. The highest BCUT2D eigenvalue weighted by Gasteiger charge is 2.44. The average molecular weight is 1890 g/mol. The first kappa shape index (κ1) is 103. The number of piperazine rings is 3. The molecule has 12 heterocycles. The number of rotatable bonds is 22. The van der Waals surface area contributed by atoms with Crippen LogP contribution in [0.4, 0.5) is 52.1 Å². The normalized spacial score (nSPS) is 19.8. The fourth-order valence-corrected chi connectivity index (χ4v) is 19.3. The van der Waals surface area contributed by atoms with Crippen molar-refractivity contribution in [3.63, 3.8) is 0 Å². The minimum absolute atomic E-state index is 0. The molecule has 0 spiro atoms. The number of nitrogens with one attached hydrogen (secondary N) is 3. The number of nitrogens with zero attached hydrogens (tertiary/aromatic N) is 18. The molecule has 0 saturated carbocycles. The molecule has 706 valence electrons. The number of nitriles is 3.